The monoisotopic (exact) mass is 269 g/mol. The first-order chi connectivity index (χ1) is 5.69. The SMILES string of the molecule is COc1nc(Cl)c(C(C)CBr)s1. The number of nitrogens with zero attached hydrogens (tertiary/aromatic N) is 1. The van der Waals surface area contributed by atoms with E-state index in [-0.39, 0.29) is 0 Å². The van der Waals surface area contributed by atoms with Crippen molar-refractivity contribution in [2.45, 2.75) is 12.8 Å². The molecule has 0 bridgehead atoms. The predicted octanol–water partition coefficient (Wildman–Crippen LogP) is 3.30. The maximum Gasteiger partial charge on any atom is 0.274 e. The summed E-state index contributed by atoms with van der Waals surface area (Å²) < 4.78 is 4.98. The van der Waals surface area contributed by atoms with E-state index in [0.29, 0.717) is 16.3 Å². The van der Waals surface area contributed by atoms with Crippen LogP contribution in [-0.2, 0) is 0 Å². The van der Waals surface area contributed by atoms with Crippen LogP contribution in [0.1, 0.15) is 17.7 Å². The van der Waals surface area contributed by atoms with Gasteiger partial charge in [0.1, 0.15) is 5.15 Å². The summed E-state index contributed by atoms with van der Waals surface area (Å²) >= 11 is 10.8. The molecule has 1 unspecified atom stereocenters. The van der Waals surface area contributed by atoms with Gasteiger partial charge in [-0.15, -0.1) is 0 Å². The van der Waals surface area contributed by atoms with Crippen molar-refractivity contribution in [3.8, 4) is 5.19 Å². The molecule has 1 heterocycles. The van der Waals surface area contributed by atoms with E-state index in [1.54, 1.807) is 7.11 Å². The van der Waals surface area contributed by atoms with Gasteiger partial charge in [-0.2, -0.15) is 4.98 Å². The quantitative estimate of drug-likeness (QED) is 0.786. The van der Waals surface area contributed by atoms with Crippen molar-refractivity contribution in [2.24, 2.45) is 0 Å². The second-order valence-corrected chi connectivity index (χ2v) is 4.39. The average Bonchev–Trinajstić information content (AvgIpc) is 2.45. The van der Waals surface area contributed by atoms with E-state index in [1.165, 1.54) is 11.3 Å². The second-order valence-electron chi connectivity index (χ2n) is 2.39. The summed E-state index contributed by atoms with van der Waals surface area (Å²) in [4.78, 5) is 5.11. The van der Waals surface area contributed by atoms with Crippen LogP contribution in [0, 0.1) is 0 Å². The molecule has 1 rings (SSSR count). The van der Waals surface area contributed by atoms with E-state index in [2.05, 4.69) is 27.8 Å². The summed E-state index contributed by atoms with van der Waals surface area (Å²) in [6, 6.07) is 0. The molecule has 0 amide bonds. The summed E-state index contributed by atoms with van der Waals surface area (Å²) in [5.41, 5.74) is 0. The van der Waals surface area contributed by atoms with Crippen LogP contribution in [0.15, 0.2) is 0 Å². The molecule has 2 nitrogen and oxygen atoms in total. The zero-order valence-corrected chi connectivity index (χ0v) is 9.96. The van der Waals surface area contributed by atoms with Gasteiger partial charge in [0.15, 0.2) is 0 Å². The Hall–Kier alpha value is 0.200. The van der Waals surface area contributed by atoms with Crippen LogP contribution in [0.5, 0.6) is 5.19 Å². The molecule has 0 aliphatic rings. The van der Waals surface area contributed by atoms with Crippen LogP contribution >= 0.6 is 38.9 Å². The van der Waals surface area contributed by atoms with E-state index >= 15 is 0 Å². The van der Waals surface area contributed by atoms with Crippen LogP contribution in [0.2, 0.25) is 5.15 Å². The Labute approximate surface area is 89.0 Å². The first kappa shape index (κ1) is 10.3. The van der Waals surface area contributed by atoms with Crippen molar-refractivity contribution >= 4 is 38.9 Å². The van der Waals surface area contributed by atoms with Crippen LogP contribution in [-0.4, -0.2) is 17.4 Å². The van der Waals surface area contributed by atoms with Gasteiger partial charge in [0.25, 0.3) is 5.19 Å². The highest BCUT2D eigenvalue weighted by Gasteiger charge is 2.14. The van der Waals surface area contributed by atoms with Gasteiger partial charge >= 0.3 is 0 Å². The van der Waals surface area contributed by atoms with Crippen molar-refractivity contribution in [2.75, 3.05) is 12.4 Å². The zero-order chi connectivity index (χ0) is 9.14. The van der Waals surface area contributed by atoms with Gasteiger partial charge in [-0.05, 0) is 0 Å². The molecule has 12 heavy (non-hydrogen) atoms. The predicted molar refractivity (Wildman–Crippen MR) is 55.9 cm³/mol. The minimum absolute atomic E-state index is 0.388. The highest BCUT2D eigenvalue weighted by Crippen LogP contribution is 2.34. The first-order valence-corrected chi connectivity index (χ1v) is 5.76. The van der Waals surface area contributed by atoms with E-state index in [0.717, 1.165) is 10.2 Å². The molecule has 0 spiro atoms. The summed E-state index contributed by atoms with van der Waals surface area (Å²) in [5.74, 6) is 0.388. The van der Waals surface area contributed by atoms with Gasteiger partial charge in [0, 0.05) is 11.2 Å². The maximum atomic E-state index is 5.90. The third-order valence-electron chi connectivity index (χ3n) is 1.44. The lowest BCUT2D eigenvalue weighted by molar-refractivity contribution is 0.412. The molecule has 1 atom stereocenters. The Balaban J connectivity index is 2.91. The summed E-state index contributed by atoms with van der Waals surface area (Å²) in [5, 5.41) is 2.07. The normalized spacial score (nSPS) is 13.0. The average molecular weight is 271 g/mol. The Morgan fingerprint density at radius 1 is 1.75 bits per heavy atom. The van der Waals surface area contributed by atoms with Crippen molar-refractivity contribution in [1.29, 1.82) is 0 Å². The van der Waals surface area contributed by atoms with Crippen LogP contribution < -0.4 is 4.74 Å². The molecular weight excluding hydrogens is 262 g/mol. The van der Waals surface area contributed by atoms with E-state index in [9.17, 15) is 0 Å². The molecule has 0 N–H and O–H groups in total. The van der Waals surface area contributed by atoms with Gasteiger partial charge in [-0.25, -0.2) is 0 Å². The molecule has 0 aromatic carbocycles. The molecule has 0 saturated heterocycles. The number of aromatic nitrogens is 1. The van der Waals surface area contributed by atoms with E-state index < -0.39 is 0 Å². The Kier molecular flexibility index (Phi) is 3.80. The number of hydrogen-bond donors (Lipinski definition) is 0. The standard InChI is InChI=1S/C7H9BrClNOS/c1-4(3-8)5-6(9)10-7(11-2)12-5/h4H,3H2,1-2H3. The number of halogens is 2. The molecule has 1 aromatic rings. The lowest BCUT2D eigenvalue weighted by Crippen LogP contribution is -1.90. The minimum atomic E-state index is 0.388. The van der Waals surface area contributed by atoms with Gasteiger partial charge < -0.3 is 4.74 Å². The minimum Gasteiger partial charge on any atom is -0.473 e. The summed E-state index contributed by atoms with van der Waals surface area (Å²) in [6.07, 6.45) is 0. The lowest BCUT2D eigenvalue weighted by Gasteiger charge is -2.02. The number of methoxy groups -OCH3 is 1. The third kappa shape index (κ3) is 2.12. The molecule has 0 radical (unpaired) electrons. The van der Waals surface area contributed by atoms with Crippen molar-refractivity contribution < 1.29 is 4.74 Å². The fourth-order valence-electron chi connectivity index (χ4n) is 0.756. The van der Waals surface area contributed by atoms with Gasteiger partial charge in [0.2, 0.25) is 0 Å². The molecule has 1 aromatic heterocycles. The van der Waals surface area contributed by atoms with Crippen molar-refractivity contribution in [3.05, 3.63) is 10.0 Å². The first-order valence-electron chi connectivity index (χ1n) is 3.45. The van der Waals surface area contributed by atoms with Crippen LogP contribution in [0.4, 0.5) is 0 Å². The highest BCUT2D eigenvalue weighted by molar-refractivity contribution is 9.09. The highest BCUT2D eigenvalue weighted by atomic mass is 79.9. The van der Waals surface area contributed by atoms with Crippen molar-refractivity contribution in [3.63, 3.8) is 0 Å². The van der Waals surface area contributed by atoms with Gasteiger partial charge in [0.05, 0.1) is 12.0 Å². The second kappa shape index (κ2) is 4.44. The number of thiazole rings is 1. The molecule has 5 heteroatoms. The number of alkyl halides is 1. The Morgan fingerprint density at radius 3 is 2.83 bits per heavy atom. The lowest BCUT2D eigenvalue weighted by atomic mass is 10.2. The van der Waals surface area contributed by atoms with Crippen molar-refractivity contribution in [1.82, 2.24) is 4.98 Å². The molecule has 0 aliphatic heterocycles. The maximum absolute atomic E-state index is 5.90. The Bertz CT molecular complexity index is 266. The Morgan fingerprint density at radius 2 is 2.42 bits per heavy atom. The third-order valence-corrected chi connectivity index (χ3v) is 4.06. The van der Waals surface area contributed by atoms with Crippen LogP contribution in [0.3, 0.4) is 0 Å². The molecule has 0 fully saturated rings. The molecule has 0 aliphatic carbocycles. The number of rotatable bonds is 3. The van der Waals surface area contributed by atoms with E-state index in [4.69, 9.17) is 16.3 Å². The smallest absolute Gasteiger partial charge is 0.274 e. The summed E-state index contributed by atoms with van der Waals surface area (Å²) in [6.45, 7) is 2.09. The van der Waals surface area contributed by atoms with E-state index in [1.807, 2.05) is 0 Å². The van der Waals surface area contributed by atoms with Crippen LogP contribution in [0.25, 0.3) is 0 Å². The summed E-state index contributed by atoms with van der Waals surface area (Å²) in [7, 11) is 1.59. The van der Waals surface area contributed by atoms with Gasteiger partial charge in [-0.1, -0.05) is 45.8 Å². The largest absolute Gasteiger partial charge is 0.473 e. The fourth-order valence-corrected chi connectivity index (χ4v) is 2.55. The number of hydrogen-bond acceptors (Lipinski definition) is 3. The molecule has 0 saturated carbocycles. The number of ether oxygens (including phenoxy) is 1. The fraction of sp³-hybridized carbons (Fsp3) is 0.571. The molecular formula is C7H9BrClNOS. The molecule has 68 valence electrons. The topological polar surface area (TPSA) is 22.1 Å². The van der Waals surface area contributed by atoms with Gasteiger partial charge in [-0.3, -0.25) is 0 Å². The zero-order valence-electron chi connectivity index (χ0n) is 6.80.